The van der Waals surface area contributed by atoms with E-state index in [9.17, 15) is 8.42 Å². The molecular weight excluding hydrogens is 248 g/mol. The second kappa shape index (κ2) is 5.88. The van der Waals surface area contributed by atoms with Crippen LogP contribution in [0.5, 0.6) is 0 Å². The fourth-order valence-electron chi connectivity index (χ4n) is 3.14. The van der Waals surface area contributed by atoms with E-state index in [0.717, 1.165) is 32.2 Å². The highest BCUT2D eigenvalue weighted by atomic mass is 32.2. The summed E-state index contributed by atoms with van der Waals surface area (Å²) in [6.07, 6.45) is 5.11. The van der Waals surface area contributed by atoms with E-state index in [1.807, 2.05) is 0 Å². The third-order valence-corrected chi connectivity index (χ3v) is 6.62. The van der Waals surface area contributed by atoms with Crippen LogP contribution in [-0.4, -0.2) is 32.8 Å². The van der Waals surface area contributed by atoms with Crippen LogP contribution in [0.4, 0.5) is 0 Å². The van der Waals surface area contributed by atoms with Gasteiger partial charge in [-0.3, -0.25) is 0 Å². The highest BCUT2D eigenvalue weighted by molar-refractivity contribution is 7.90. The van der Waals surface area contributed by atoms with E-state index >= 15 is 0 Å². The summed E-state index contributed by atoms with van der Waals surface area (Å²) >= 11 is 0. The van der Waals surface area contributed by atoms with Gasteiger partial charge in [-0.05, 0) is 37.6 Å². The van der Waals surface area contributed by atoms with Gasteiger partial charge in [0.2, 0.25) is 10.0 Å². The van der Waals surface area contributed by atoms with E-state index in [2.05, 4.69) is 23.9 Å². The van der Waals surface area contributed by atoms with Crippen molar-refractivity contribution in [3.05, 3.63) is 0 Å². The lowest BCUT2D eigenvalue weighted by Gasteiger charge is -2.35. The Labute approximate surface area is 111 Å². The molecule has 0 aromatic heterocycles. The van der Waals surface area contributed by atoms with Gasteiger partial charge in [0, 0.05) is 12.6 Å². The van der Waals surface area contributed by atoms with Crippen LogP contribution in [0.1, 0.15) is 46.0 Å². The van der Waals surface area contributed by atoms with Gasteiger partial charge in [0.25, 0.3) is 0 Å². The Bertz CT molecular complexity index is 363. The zero-order valence-corrected chi connectivity index (χ0v) is 12.3. The molecule has 1 saturated carbocycles. The number of nitrogens with one attached hydrogen (secondary N) is 2. The van der Waals surface area contributed by atoms with Gasteiger partial charge in [0.15, 0.2) is 0 Å². The van der Waals surface area contributed by atoms with Gasteiger partial charge in [-0.15, -0.1) is 0 Å². The molecule has 106 valence electrons. The fraction of sp³-hybridized carbons (Fsp3) is 1.00. The van der Waals surface area contributed by atoms with E-state index in [1.54, 1.807) is 0 Å². The number of hydrogen-bond acceptors (Lipinski definition) is 3. The minimum Gasteiger partial charge on any atom is -0.315 e. The molecule has 0 spiro atoms. The van der Waals surface area contributed by atoms with Crippen molar-refractivity contribution >= 4 is 10.0 Å². The lowest BCUT2D eigenvalue weighted by atomic mass is 9.78. The van der Waals surface area contributed by atoms with Crippen molar-refractivity contribution in [3.8, 4) is 0 Å². The van der Waals surface area contributed by atoms with Crippen LogP contribution in [0, 0.1) is 11.8 Å². The van der Waals surface area contributed by atoms with Crippen LogP contribution < -0.4 is 10.0 Å². The molecule has 2 fully saturated rings. The van der Waals surface area contributed by atoms with Crippen LogP contribution >= 0.6 is 0 Å². The SMILES string of the molecule is CC1CCCC(NS(=O)(=O)C2CCCNC2)C1C. The van der Waals surface area contributed by atoms with E-state index in [-0.39, 0.29) is 11.3 Å². The molecule has 2 rings (SSSR count). The van der Waals surface area contributed by atoms with E-state index in [1.165, 1.54) is 6.42 Å². The summed E-state index contributed by atoms with van der Waals surface area (Å²) in [6.45, 7) is 5.96. The molecule has 0 radical (unpaired) electrons. The molecule has 1 heterocycles. The summed E-state index contributed by atoms with van der Waals surface area (Å²) in [5.41, 5.74) is 0. The molecule has 5 heteroatoms. The van der Waals surface area contributed by atoms with Gasteiger partial charge in [-0.2, -0.15) is 0 Å². The molecule has 0 aromatic carbocycles. The van der Waals surface area contributed by atoms with Crippen molar-refractivity contribution < 1.29 is 8.42 Å². The van der Waals surface area contributed by atoms with Crippen molar-refractivity contribution in [2.24, 2.45) is 11.8 Å². The molecule has 1 aliphatic carbocycles. The summed E-state index contributed by atoms with van der Waals surface area (Å²) in [4.78, 5) is 0. The predicted molar refractivity (Wildman–Crippen MR) is 73.9 cm³/mol. The van der Waals surface area contributed by atoms with Crippen molar-refractivity contribution in [2.45, 2.75) is 57.2 Å². The highest BCUT2D eigenvalue weighted by Gasteiger charge is 2.34. The maximum absolute atomic E-state index is 12.4. The Balaban J connectivity index is 1.98. The summed E-state index contributed by atoms with van der Waals surface area (Å²) < 4.78 is 27.7. The number of piperidine rings is 1. The van der Waals surface area contributed by atoms with Gasteiger partial charge < -0.3 is 5.32 Å². The maximum Gasteiger partial charge on any atom is 0.215 e. The van der Waals surface area contributed by atoms with Crippen molar-refractivity contribution in [3.63, 3.8) is 0 Å². The average Bonchev–Trinajstić information content (AvgIpc) is 2.36. The first-order valence-corrected chi connectivity index (χ1v) is 8.77. The second-order valence-electron chi connectivity index (χ2n) is 6.01. The lowest BCUT2D eigenvalue weighted by molar-refractivity contribution is 0.226. The summed E-state index contributed by atoms with van der Waals surface area (Å²) in [5, 5.41) is 2.94. The Morgan fingerprint density at radius 1 is 1.11 bits per heavy atom. The van der Waals surface area contributed by atoms with Gasteiger partial charge in [0.1, 0.15) is 0 Å². The minimum absolute atomic E-state index is 0.140. The van der Waals surface area contributed by atoms with Crippen LogP contribution in [-0.2, 0) is 10.0 Å². The summed E-state index contributed by atoms with van der Waals surface area (Å²) in [6, 6.07) is 0.140. The average molecular weight is 274 g/mol. The Kier molecular flexibility index (Phi) is 4.67. The van der Waals surface area contributed by atoms with E-state index in [4.69, 9.17) is 0 Å². The molecule has 2 aliphatic rings. The number of hydrogen-bond donors (Lipinski definition) is 2. The zero-order valence-electron chi connectivity index (χ0n) is 11.5. The summed E-state index contributed by atoms with van der Waals surface area (Å²) in [7, 11) is -3.15. The lowest BCUT2D eigenvalue weighted by Crippen LogP contribution is -2.50. The first-order valence-electron chi connectivity index (χ1n) is 7.22. The van der Waals surface area contributed by atoms with Gasteiger partial charge in [-0.25, -0.2) is 13.1 Å². The van der Waals surface area contributed by atoms with Gasteiger partial charge in [-0.1, -0.05) is 26.7 Å². The monoisotopic (exact) mass is 274 g/mol. The molecule has 18 heavy (non-hydrogen) atoms. The Hall–Kier alpha value is -0.130. The summed E-state index contributed by atoms with van der Waals surface area (Å²) in [5.74, 6) is 1.07. The molecule has 0 bridgehead atoms. The molecular formula is C13H26N2O2S. The molecule has 1 saturated heterocycles. The van der Waals surface area contributed by atoms with Crippen molar-refractivity contribution in [1.29, 1.82) is 0 Å². The molecule has 4 atom stereocenters. The largest absolute Gasteiger partial charge is 0.315 e. The molecule has 0 amide bonds. The molecule has 4 nitrogen and oxygen atoms in total. The van der Waals surface area contributed by atoms with E-state index < -0.39 is 10.0 Å². The van der Waals surface area contributed by atoms with E-state index in [0.29, 0.717) is 18.4 Å². The Morgan fingerprint density at radius 2 is 1.89 bits per heavy atom. The van der Waals surface area contributed by atoms with Crippen molar-refractivity contribution in [1.82, 2.24) is 10.0 Å². The standard InChI is InChI=1S/C13H26N2O2S/c1-10-5-3-7-13(11(10)2)15-18(16,17)12-6-4-8-14-9-12/h10-15H,3-9H2,1-2H3. The van der Waals surface area contributed by atoms with Gasteiger partial charge >= 0.3 is 0 Å². The van der Waals surface area contributed by atoms with Crippen LogP contribution in [0.15, 0.2) is 0 Å². The minimum atomic E-state index is -3.15. The molecule has 0 aromatic rings. The topological polar surface area (TPSA) is 58.2 Å². The normalized spacial score (nSPS) is 38.6. The molecule has 1 aliphatic heterocycles. The van der Waals surface area contributed by atoms with Crippen LogP contribution in [0.2, 0.25) is 0 Å². The smallest absolute Gasteiger partial charge is 0.215 e. The van der Waals surface area contributed by atoms with Crippen LogP contribution in [0.25, 0.3) is 0 Å². The first-order chi connectivity index (χ1) is 8.50. The van der Waals surface area contributed by atoms with Crippen molar-refractivity contribution in [2.75, 3.05) is 13.1 Å². The quantitative estimate of drug-likeness (QED) is 0.819. The molecule has 4 unspecified atom stereocenters. The van der Waals surface area contributed by atoms with Gasteiger partial charge in [0.05, 0.1) is 5.25 Å². The molecule has 2 N–H and O–H groups in total. The highest BCUT2D eigenvalue weighted by Crippen LogP contribution is 2.30. The third-order valence-electron chi connectivity index (χ3n) is 4.71. The second-order valence-corrected chi connectivity index (χ2v) is 8.00. The third kappa shape index (κ3) is 3.25. The first kappa shape index (κ1) is 14.3. The number of sulfonamides is 1. The number of rotatable bonds is 3. The predicted octanol–water partition coefficient (Wildman–Crippen LogP) is 1.48. The Morgan fingerprint density at radius 3 is 2.56 bits per heavy atom. The van der Waals surface area contributed by atoms with Crippen LogP contribution in [0.3, 0.4) is 0 Å². The zero-order chi connectivity index (χ0) is 13.2. The maximum atomic E-state index is 12.4. The fourth-order valence-corrected chi connectivity index (χ4v) is 4.90.